The van der Waals surface area contributed by atoms with E-state index in [9.17, 15) is 9.59 Å². The quantitative estimate of drug-likeness (QED) is 0.339. The van der Waals surface area contributed by atoms with Crippen molar-refractivity contribution in [3.05, 3.63) is 0 Å². The Morgan fingerprint density at radius 2 is 1.18 bits per heavy atom. The Balaban J connectivity index is 1.02. The lowest BCUT2D eigenvalue weighted by Crippen LogP contribution is -2.28. The molecule has 2 aliphatic heterocycles. The zero-order valence-electron chi connectivity index (χ0n) is 17.1. The number of unbranched alkanes of at least 4 members (excludes halogenated alkanes) is 1. The fraction of sp³-hybridized carbons (Fsp3) is 0.909. The van der Waals surface area contributed by atoms with E-state index in [0.29, 0.717) is 87.0 Å². The Labute approximate surface area is 167 Å². The number of esters is 2. The lowest BCUT2D eigenvalue weighted by Gasteiger charge is -2.25. The highest BCUT2D eigenvalue weighted by Gasteiger charge is 2.50. The minimum absolute atomic E-state index is 0.158. The minimum atomic E-state index is -0.158. The van der Waals surface area contributed by atoms with Crippen molar-refractivity contribution in [3.63, 3.8) is 0 Å². The van der Waals surface area contributed by atoms with Gasteiger partial charge in [0.05, 0.1) is 37.6 Å². The number of rotatable bonds is 9. The van der Waals surface area contributed by atoms with Crippen molar-refractivity contribution in [2.45, 2.75) is 89.6 Å². The molecule has 6 nitrogen and oxygen atoms in total. The molecule has 6 heteroatoms. The topological polar surface area (TPSA) is 77.7 Å². The predicted molar refractivity (Wildman–Crippen MR) is 101 cm³/mol. The molecular weight excluding hydrogens is 360 g/mol. The molecule has 0 aromatic carbocycles. The van der Waals surface area contributed by atoms with E-state index < -0.39 is 0 Å². The van der Waals surface area contributed by atoms with Gasteiger partial charge in [-0.05, 0) is 62.2 Å². The summed E-state index contributed by atoms with van der Waals surface area (Å²) in [7, 11) is 0. The van der Waals surface area contributed by atoms with Gasteiger partial charge < -0.3 is 18.9 Å². The first-order valence-corrected chi connectivity index (χ1v) is 11.1. The molecule has 28 heavy (non-hydrogen) atoms. The Kier molecular flexibility index (Phi) is 6.26. The van der Waals surface area contributed by atoms with E-state index in [1.54, 1.807) is 0 Å². The second-order valence-electron chi connectivity index (χ2n) is 9.24. The van der Waals surface area contributed by atoms with E-state index >= 15 is 0 Å². The third kappa shape index (κ3) is 4.88. The van der Waals surface area contributed by atoms with Gasteiger partial charge in [-0.1, -0.05) is 13.8 Å². The van der Waals surface area contributed by atoms with E-state index in [4.69, 9.17) is 18.9 Å². The van der Waals surface area contributed by atoms with Gasteiger partial charge >= 0.3 is 11.9 Å². The third-order valence-corrected chi connectivity index (χ3v) is 7.34. The summed E-state index contributed by atoms with van der Waals surface area (Å²) in [5, 5.41) is 0. The zero-order chi connectivity index (χ0) is 19.7. The van der Waals surface area contributed by atoms with Gasteiger partial charge in [-0.15, -0.1) is 0 Å². The molecular formula is C22H34O6. The highest BCUT2D eigenvalue weighted by molar-refractivity contribution is 5.70. The van der Waals surface area contributed by atoms with E-state index in [2.05, 4.69) is 13.8 Å². The second kappa shape index (κ2) is 8.70. The molecule has 0 radical (unpaired) electrons. The summed E-state index contributed by atoms with van der Waals surface area (Å²) in [6.07, 6.45) is 8.11. The SMILES string of the molecule is CC1C(COC(=O)CCCCC(=O)OCC2CCC3OC3C2C)CCC2OC21. The van der Waals surface area contributed by atoms with Crippen LogP contribution in [0.5, 0.6) is 0 Å². The molecule has 4 aliphatic rings. The van der Waals surface area contributed by atoms with E-state index in [0.717, 1.165) is 25.7 Å². The standard InChI is InChI=1S/C22H34O6/c1-13-15(7-9-17-21(13)27-17)11-25-19(23)5-3-4-6-20(24)26-12-16-8-10-18-22(28-18)14(16)2/h13-18,21-22H,3-12H2,1-2H3. The normalized spacial score (nSPS) is 40.8. The number of hydrogen-bond acceptors (Lipinski definition) is 6. The number of ether oxygens (including phenoxy) is 4. The summed E-state index contributed by atoms with van der Waals surface area (Å²) >= 11 is 0. The Morgan fingerprint density at radius 1 is 0.750 bits per heavy atom. The van der Waals surface area contributed by atoms with Crippen LogP contribution in [0.15, 0.2) is 0 Å². The summed E-state index contributed by atoms with van der Waals surface area (Å²) in [4.78, 5) is 23.9. The second-order valence-corrected chi connectivity index (χ2v) is 9.24. The Bertz CT molecular complexity index is 527. The van der Waals surface area contributed by atoms with Crippen LogP contribution in [-0.2, 0) is 28.5 Å². The first-order valence-electron chi connectivity index (χ1n) is 11.1. The summed E-state index contributed by atoms with van der Waals surface area (Å²) in [5.41, 5.74) is 0. The highest BCUT2D eigenvalue weighted by Crippen LogP contribution is 2.44. The van der Waals surface area contributed by atoms with Gasteiger partial charge in [-0.2, -0.15) is 0 Å². The number of hydrogen-bond donors (Lipinski definition) is 0. The van der Waals surface area contributed by atoms with Crippen molar-refractivity contribution in [3.8, 4) is 0 Å². The van der Waals surface area contributed by atoms with E-state index in [-0.39, 0.29) is 11.9 Å². The van der Waals surface area contributed by atoms with Crippen molar-refractivity contribution in [1.29, 1.82) is 0 Å². The van der Waals surface area contributed by atoms with Crippen molar-refractivity contribution in [1.82, 2.24) is 0 Å². The van der Waals surface area contributed by atoms with Crippen LogP contribution in [-0.4, -0.2) is 49.6 Å². The molecule has 158 valence electrons. The molecule has 0 aromatic rings. The summed E-state index contributed by atoms with van der Waals surface area (Å²) in [6.45, 7) is 5.38. The minimum Gasteiger partial charge on any atom is -0.465 e. The molecule has 0 bridgehead atoms. The maximum absolute atomic E-state index is 12.0. The Hall–Kier alpha value is -1.14. The molecule has 0 aromatic heterocycles. The molecule has 2 saturated heterocycles. The summed E-state index contributed by atoms with van der Waals surface area (Å²) in [5.74, 6) is 1.47. The average Bonchev–Trinajstić information content (AvgIpc) is 3.58. The molecule has 2 saturated carbocycles. The number of fused-ring (bicyclic) bond motifs is 2. The molecule has 0 amide bonds. The lowest BCUT2D eigenvalue weighted by molar-refractivity contribution is -0.148. The van der Waals surface area contributed by atoms with Crippen molar-refractivity contribution >= 4 is 11.9 Å². The van der Waals surface area contributed by atoms with E-state index in [1.165, 1.54) is 0 Å². The predicted octanol–water partition coefficient (Wildman–Crippen LogP) is 3.26. The molecule has 2 heterocycles. The van der Waals surface area contributed by atoms with Gasteiger partial charge in [0.1, 0.15) is 0 Å². The van der Waals surface area contributed by atoms with Crippen LogP contribution in [0.25, 0.3) is 0 Å². The molecule has 2 aliphatic carbocycles. The molecule has 0 N–H and O–H groups in total. The molecule has 4 fully saturated rings. The summed E-state index contributed by atoms with van der Waals surface area (Å²) in [6, 6.07) is 0. The first-order chi connectivity index (χ1) is 13.5. The zero-order valence-corrected chi connectivity index (χ0v) is 17.1. The van der Waals surface area contributed by atoms with Crippen LogP contribution < -0.4 is 0 Å². The maximum Gasteiger partial charge on any atom is 0.305 e. The number of epoxide rings is 2. The third-order valence-electron chi connectivity index (χ3n) is 7.34. The van der Waals surface area contributed by atoms with E-state index in [1.807, 2.05) is 0 Å². The van der Waals surface area contributed by atoms with Crippen LogP contribution in [0.3, 0.4) is 0 Å². The Morgan fingerprint density at radius 3 is 1.61 bits per heavy atom. The number of carbonyl (C=O) groups excluding carboxylic acids is 2. The molecule has 0 spiro atoms. The lowest BCUT2D eigenvalue weighted by atomic mass is 9.81. The van der Waals surface area contributed by atoms with Crippen molar-refractivity contribution < 1.29 is 28.5 Å². The number of carbonyl (C=O) groups is 2. The van der Waals surface area contributed by atoms with Gasteiger partial charge in [0, 0.05) is 12.8 Å². The van der Waals surface area contributed by atoms with Crippen LogP contribution >= 0.6 is 0 Å². The van der Waals surface area contributed by atoms with Gasteiger partial charge in [0.2, 0.25) is 0 Å². The summed E-state index contributed by atoms with van der Waals surface area (Å²) < 4.78 is 22.1. The fourth-order valence-electron chi connectivity index (χ4n) is 5.07. The van der Waals surface area contributed by atoms with Gasteiger partial charge in [-0.3, -0.25) is 9.59 Å². The van der Waals surface area contributed by atoms with Crippen molar-refractivity contribution in [2.24, 2.45) is 23.7 Å². The van der Waals surface area contributed by atoms with Crippen LogP contribution in [0.2, 0.25) is 0 Å². The molecule has 4 rings (SSSR count). The fourth-order valence-corrected chi connectivity index (χ4v) is 5.07. The largest absolute Gasteiger partial charge is 0.465 e. The highest BCUT2D eigenvalue weighted by atomic mass is 16.6. The van der Waals surface area contributed by atoms with Gasteiger partial charge in [0.15, 0.2) is 0 Å². The molecule has 8 atom stereocenters. The average molecular weight is 395 g/mol. The van der Waals surface area contributed by atoms with Crippen LogP contribution in [0.1, 0.15) is 65.2 Å². The van der Waals surface area contributed by atoms with Gasteiger partial charge in [-0.25, -0.2) is 0 Å². The maximum atomic E-state index is 12.0. The first kappa shape index (κ1) is 20.1. The molecule has 8 unspecified atom stereocenters. The monoisotopic (exact) mass is 394 g/mol. The smallest absolute Gasteiger partial charge is 0.305 e. The van der Waals surface area contributed by atoms with Crippen LogP contribution in [0, 0.1) is 23.7 Å². The van der Waals surface area contributed by atoms with Gasteiger partial charge in [0.25, 0.3) is 0 Å². The van der Waals surface area contributed by atoms with Crippen LogP contribution in [0.4, 0.5) is 0 Å². The van der Waals surface area contributed by atoms with Crippen molar-refractivity contribution in [2.75, 3.05) is 13.2 Å².